The molecule has 1 rings (SSSR count). The van der Waals surface area contributed by atoms with E-state index in [1.165, 1.54) is 0 Å². The fraction of sp³-hybridized carbons (Fsp3) is 0.600. The molecule has 0 fully saturated rings. The smallest absolute Gasteiger partial charge is 0.315 e. The maximum Gasteiger partial charge on any atom is 0.315 e. The van der Waals surface area contributed by atoms with E-state index in [4.69, 9.17) is 0 Å². The first-order chi connectivity index (χ1) is 11.7. The maximum absolute atomic E-state index is 12.1. The molecule has 0 saturated heterocycles. The van der Waals surface area contributed by atoms with Crippen LogP contribution in [0.1, 0.15) is 56.7 Å². The van der Waals surface area contributed by atoms with Gasteiger partial charge in [-0.15, -0.1) is 0 Å². The van der Waals surface area contributed by atoms with Crippen LogP contribution in [-0.2, 0) is 4.79 Å². The lowest BCUT2D eigenvalue weighted by Gasteiger charge is -2.16. The Kier molecular flexibility index (Phi) is 8.46. The largest absolute Gasteiger partial charge is 0.336 e. The molecule has 5 nitrogen and oxygen atoms in total. The molecule has 5 heteroatoms. The standard InChI is InChI=1S/C20H33N3O2/c1-13(2)8-7-9-17(6)22-20(25)21-12-18(24)23-19-15(4)10-14(3)11-16(19)5/h10-11,13,17H,7-9,12H2,1-6H3,(H,23,24)(H2,21,22,25)/t17-/m0/s1. The van der Waals surface area contributed by atoms with Gasteiger partial charge in [-0.25, -0.2) is 4.79 Å². The van der Waals surface area contributed by atoms with Crippen LogP contribution >= 0.6 is 0 Å². The Morgan fingerprint density at radius 1 is 1.00 bits per heavy atom. The van der Waals surface area contributed by atoms with Crippen LogP contribution in [0.2, 0.25) is 0 Å². The fourth-order valence-corrected chi connectivity index (χ4v) is 2.90. The van der Waals surface area contributed by atoms with Gasteiger partial charge in [0.2, 0.25) is 5.91 Å². The molecule has 3 amide bonds. The first-order valence-electron chi connectivity index (χ1n) is 9.11. The second-order valence-corrected chi connectivity index (χ2v) is 7.37. The van der Waals surface area contributed by atoms with Crippen LogP contribution in [0.15, 0.2) is 12.1 Å². The summed E-state index contributed by atoms with van der Waals surface area (Å²) in [5.41, 5.74) is 4.03. The monoisotopic (exact) mass is 347 g/mol. The van der Waals surface area contributed by atoms with Crippen molar-refractivity contribution in [2.24, 2.45) is 5.92 Å². The van der Waals surface area contributed by atoms with Gasteiger partial charge in [-0.2, -0.15) is 0 Å². The summed E-state index contributed by atoms with van der Waals surface area (Å²) in [4.78, 5) is 24.0. The first-order valence-corrected chi connectivity index (χ1v) is 9.11. The molecular formula is C20H33N3O2. The van der Waals surface area contributed by atoms with E-state index >= 15 is 0 Å². The van der Waals surface area contributed by atoms with Gasteiger partial charge in [0.25, 0.3) is 0 Å². The van der Waals surface area contributed by atoms with Gasteiger partial charge >= 0.3 is 6.03 Å². The average molecular weight is 348 g/mol. The first kappa shape index (κ1) is 21.0. The highest BCUT2D eigenvalue weighted by molar-refractivity contribution is 5.95. The molecule has 0 aliphatic heterocycles. The van der Waals surface area contributed by atoms with E-state index < -0.39 is 0 Å². The predicted octanol–water partition coefficient (Wildman–Crippen LogP) is 4.06. The molecule has 25 heavy (non-hydrogen) atoms. The van der Waals surface area contributed by atoms with E-state index in [-0.39, 0.29) is 24.5 Å². The molecule has 0 spiro atoms. The minimum absolute atomic E-state index is 0.0443. The molecule has 3 N–H and O–H groups in total. The third-order valence-corrected chi connectivity index (χ3v) is 4.15. The van der Waals surface area contributed by atoms with Crippen molar-refractivity contribution in [1.29, 1.82) is 0 Å². The van der Waals surface area contributed by atoms with E-state index in [0.29, 0.717) is 5.92 Å². The minimum atomic E-state index is -0.301. The Morgan fingerprint density at radius 2 is 1.60 bits per heavy atom. The van der Waals surface area contributed by atoms with Crippen LogP contribution in [0.25, 0.3) is 0 Å². The number of hydrogen-bond donors (Lipinski definition) is 3. The predicted molar refractivity (Wildman–Crippen MR) is 104 cm³/mol. The zero-order chi connectivity index (χ0) is 19.0. The molecule has 0 bridgehead atoms. The SMILES string of the molecule is Cc1cc(C)c(NC(=O)CNC(=O)N[C@@H](C)CCCC(C)C)c(C)c1. The van der Waals surface area contributed by atoms with E-state index in [0.717, 1.165) is 41.6 Å². The zero-order valence-electron chi connectivity index (χ0n) is 16.5. The Balaban J connectivity index is 2.37. The highest BCUT2D eigenvalue weighted by Crippen LogP contribution is 2.21. The quantitative estimate of drug-likeness (QED) is 0.663. The molecule has 0 unspecified atom stereocenters. The van der Waals surface area contributed by atoms with Gasteiger partial charge in [0.05, 0.1) is 6.54 Å². The summed E-state index contributed by atoms with van der Waals surface area (Å²) in [5, 5.41) is 8.37. The van der Waals surface area contributed by atoms with E-state index in [1.807, 2.05) is 39.8 Å². The number of rotatable bonds is 8. The van der Waals surface area contributed by atoms with Gasteiger partial charge in [0.1, 0.15) is 0 Å². The Morgan fingerprint density at radius 3 is 2.16 bits per heavy atom. The maximum atomic E-state index is 12.1. The van der Waals surface area contributed by atoms with Crippen LogP contribution < -0.4 is 16.0 Å². The number of anilines is 1. The number of urea groups is 1. The van der Waals surface area contributed by atoms with Crippen LogP contribution in [0, 0.1) is 26.7 Å². The van der Waals surface area contributed by atoms with Crippen LogP contribution in [0.5, 0.6) is 0 Å². The van der Waals surface area contributed by atoms with E-state index in [9.17, 15) is 9.59 Å². The van der Waals surface area contributed by atoms with Crippen molar-refractivity contribution >= 4 is 17.6 Å². The van der Waals surface area contributed by atoms with Crippen molar-refractivity contribution < 1.29 is 9.59 Å². The number of carbonyl (C=O) groups is 2. The topological polar surface area (TPSA) is 70.2 Å². The van der Waals surface area contributed by atoms with Crippen molar-refractivity contribution in [3.8, 4) is 0 Å². The summed E-state index contributed by atoms with van der Waals surface area (Å²) < 4.78 is 0. The van der Waals surface area contributed by atoms with Gasteiger partial charge in [-0.3, -0.25) is 4.79 Å². The highest BCUT2D eigenvalue weighted by Gasteiger charge is 2.11. The lowest BCUT2D eigenvalue weighted by Crippen LogP contribution is -2.43. The van der Waals surface area contributed by atoms with Crippen molar-refractivity contribution in [2.75, 3.05) is 11.9 Å². The van der Waals surface area contributed by atoms with Crippen LogP contribution in [0.4, 0.5) is 10.5 Å². The van der Waals surface area contributed by atoms with Gasteiger partial charge in [0.15, 0.2) is 0 Å². The number of aryl methyl sites for hydroxylation is 3. The van der Waals surface area contributed by atoms with Gasteiger partial charge in [-0.05, 0) is 51.2 Å². The zero-order valence-corrected chi connectivity index (χ0v) is 16.5. The minimum Gasteiger partial charge on any atom is -0.336 e. The van der Waals surface area contributed by atoms with Gasteiger partial charge in [0, 0.05) is 11.7 Å². The number of hydrogen-bond acceptors (Lipinski definition) is 2. The second kappa shape index (κ2) is 10.1. The molecule has 0 aliphatic carbocycles. The van der Waals surface area contributed by atoms with Crippen LogP contribution in [-0.4, -0.2) is 24.5 Å². The van der Waals surface area contributed by atoms with Crippen molar-refractivity contribution in [2.45, 2.75) is 66.8 Å². The summed E-state index contributed by atoms with van der Waals surface area (Å²) in [6.45, 7) is 12.3. The molecule has 1 atom stereocenters. The normalized spacial score (nSPS) is 12.0. The number of benzene rings is 1. The lowest BCUT2D eigenvalue weighted by atomic mass is 10.0. The summed E-state index contributed by atoms with van der Waals surface area (Å²) in [6.07, 6.45) is 3.19. The Labute approximate surface area is 152 Å². The van der Waals surface area contributed by atoms with Gasteiger partial charge < -0.3 is 16.0 Å². The Hall–Kier alpha value is -2.04. The van der Waals surface area contributed by atoms with E-state index in [1.54, 1.807) is 0 Å². The molecule has 1 aromatic rings. The number of nitrogens with one attached hydrogen (secondary N) is 3. The van der Waals surface area contributed by atoms with Crippen LogP contribution in [0.3, 0.4) is 0 Å². The molecule has 0 heterocycles. The summed E-state index contributed by atoms with van der Waals surface area (Å²) in [5.74, 6) is 0.455. The number of carbonyl (C=O) groups excluding carboxylic acids is 2. The summed E-state index contributed by atoms with van der Waals surface area (Å²) in [6, 6.07) is 3.86. The van der Waals surface area contributed by atoms with Gasteiger partial charge in [-0.1, -0.05) is 44.4 Å². The lowest BCUT2D eigenvalue weighted by molar-refractivity contribution is -0.115. The van der Waals surface area contributed by atoms with Crippen molar-refractivity contribution in [1.82, 2.24) is 10.6 Å². The average Bonchev–Trinajstić information content (AvgIpc) is 2.48. The molecule has 0 saturated carbocycles. The molecule has 0 aliphatic rings. The Bertz CT molecular complexity index is 574. The molecular weight excluding hydrogens is 314 g/mol. The van der Waals surface area contributed by atoms with Crippen molar-refractivity contribution in [3.05, 3.63) is 28.8 Å². The summed E-state index contributed by atoms with van der Waals surface area (Å²) in [7, 11) is 0. The highest BCUT2D eigenvalue weighted by atomic mass is 16.2. The number of amides is 3. The second-order valence-electron chi connectivity index (χ2n) is 7.37. The third kappa shape index (κ3) is 8.05. The fourth-order valence-electron chi connectivity index (χ4n) is 2.90. The molecule has 140 valence electrons. The molecule has 1 aromatic carbocycles. The van der Waals surface area contributed by atoms with E-state index in [2.05, 4.69) is 29.8 Å². The van der Waals surface area contributed by atoms with Crippen molar-refractivity contribution in [3.63, 3.8) is 0 Å². The molecule has 0 radical (unpaired) electrons. The molecule has 0 aromatic heterocycles. The third-order valence-electron chi connectivity index (χ3n) is 4.15. The summed E-state index contributed by atoms with van der Waals surface area (Å²) >= 11 is 0.